The first-order valence-electron chi connectivity index (χ1n) is 12.8. The van der Waals surface area contributed by atoms with Gasteiger partial charge in [0.05, 0.1) is 11.8 Å². The second kappa shape index (κ2) is 14.0. The molecule has 1 heterocycles. The minimum absolute atomic E-state index is 0.0596. The van der Waals surface area contributed by atoms with Crippen molar-refractivity contribution < 1.29 is 18.8 Å². The van der Waals surface area contributed by atoms with Gasteiger partial charge in [0.15, 0.2) is 5.17 Å². The van der Waals surface area contributed by atoms with Gasteiger partial charge in [-0.25, -0.2) is 4.39 Å². The van der Waals surface area contributed by atoms with Crippen molar-refractivity contribution >= 4 is 40.7 Å². The number of carbonyl (C=O) groups is 3. The molecule has 3 aromatic rings. The van der Waals surface area contributed by atoms with Crippen LogP contribution in [0.3, 0.4) is 0 Å². The number of benzene rings is 3. The fraction of sp³-hybridized carbons (Fsp3) is 0.0909. The van der Waals surface area contributed by atoms with E-state index in [-0.39, 0.29) is 28.4 Å². The normalized spacial score (nSPS) is 15.0. The van der Waals surface area contributed by atoms with E-state index in [1.54, 1.807) is 37.3 Å². The number of aliphatic imine (C=N–C) groups is 1. The number of carbonyl (C=O) groups excluding carboxylic acids is 3. The van der Waals surface area contributed by atoms with Gasteiger partial charge in [0.25, 0.3) is 11.8 Å². The fourth-order valence-electron chi connectivity index (χ4n) is 4.16. The molecule has 3 aromatic carbocycles. The molecular formula is C33H28FN3O3S. The second-order valence-corrected chi connectivity index (χ2v) is 9.81. The minimum Gasteiger partial charge on any atom is -0.344 e. The lowest BCUT2D eigenvalue weighted by Gasteiger charge is -2.28. The van der Waals surface area contributed by atoms with Gasteiger partial charge in [-0.2, -0.15) is 4.99 Å². The first-order valence-corrected chi connectivity index (χ1v) is 13.8. The molecule has 1 aliphatic heterocycles. The van der Waals surface area contributed by atoms with Gasteiger partial charge in [-0.3, -0.25) is 19.3 Å². The van der Waals surface area contributed by atoms with Gasteiger partial charge in [-0.1, -0.05) is 109 Å². The summed E-state index contributed by atoms with van der Waals surface area (Å²) in [6, 6.07) is 24.4. The molecular weight excluding hydrogens is 537 g/mol. The van der Waals surface area contributed by atoms with E-state index in [1.807, 2.05) is 60.7 Å². The maximum Gasteiger partial charge on any atom is 0.285 e. The summed E-state index contributed by atoms with van der Waals surface area (Å²) >= 11 is 0.976. The number of halogens is 1. The lowest BCUT2D eigenvalue weighted by molar-refractivity contribution is -0.126. The van der Waals surface area contributed by atoms with Crippen LogP contribution in [0.25, 0.3) is 6.08 Å². The summed E-state index contributed by atoms with van der Waals surface area (Å²) in [4.78, 5) is 45.3. The van der Waals surface area contributed by atoms with Gasteiger partial charge in [0, 0.05) is 5.70 Å². The Balaban J connectivity index is 1.61. The molecule has 3 amide bonds. The van der Waals surface area contributed by atoms with E-state index in [2.05, 4.69) is 16.9 Å². The van der Waals surface area contributed by atoms with E-state index < -0.39 is 17.6 Å². The number of rotatable bonds is 9. The Labute approximate surface area is 242 Å². The number of allylic oxidation sites excluding steroid dienone is 4. The number of amidine groups is 1. The number of nitrogens with one attached hydrogen (secondary N) is 1. The van der Waals surface area contributed by atoms with Crippen LogP contribution in [0, 0.1) is 5.82 Å². The monoisotopic (exact) mass is 565 g/mol. The SMILES string of the molecule is C=C/C=C\C(=C/C)N1C(=O)/C(=C/c2cccc(F)c2)C(=O)N=C1SCC(=O)NC(c1ccccc1)c1ccccc1. The maximum absolute atomic E-state index is 13.8. The molecule has 0 aliphatic carbocycles. The zero-order chi connectivity index (χ0) is 29.2. The van der Waals surface area contributed by atoms with Gasteiger partial charge in [-0.05, 0) is 47.9 Å². The highest BCUT2D eigenvalue weighted by Gasteiger charge is 2.35. The predicted molar refractivity (Wildman–Crippen MR) is 162 cm³/mol. The third kappa shape index (κ3) is 7.43. The van der Waals surface area contributed by atoms with Gasteiger partial charge in [0.2, 0.25) is 5.91 Å². The van der Waals surface area contributed by atoms with E-state index in [9.17, 15) is 18.8 Å². The minimum atomic E-state index is -0.770. The molecule has 0 radical (unpaired) electrons. The standard InChI is InChI=1S/C33H28FN3O3S/c1-3-5-19-27(4-2)37-32(40)28(21-23-13-12-18-26(34)20-23)31(39)36-33(37)41-22-29(38)35-30(24-14-8-6-9-15-24)25-16-10-7-11-17-25/h3-21,30H,1,22H2,2H3,(H,35,38)/b19-5-,27-4+,28-21+. The molecule has 4 rings (SSSR count). The smallest absolute Gasteiger partial charge is 0.285 e. The fourth-order valence-corrected chi connectivity index (χ4v) is 4.96. The maximum atomic E-state index is 13.8. The highest BCUT2D eigenvalue weighted by Crippen LogP contribution is 2.27. The van der Waals surface area contributed by atoms with Crippen molar-refractivity contribution in [3.05, 3.63) is 150 Å². The Kier molecular flexibility index (Phi) is 9.96. The van der Waals surface area contributed by atoms with Crippen LogP contribution < -0.4 is 5.32 Å². The zero-order valence-electron chi connectivity index (χ0n) is 22.4. The van der Waals surface area contributed by atoms with E-state index in [4.69, 9.17) is 0 Å². The Morgan fingerprint density at radius 3 is 2.27 bits per heavy atom. The largest absolute Gasteiger partial charge is 0.344 e. The molecule has 0 bridgehead atoms. The van der Waals surface area contributed by atoms with E-state index >= 15 is 0 Å². The average molecular weight is 566 g/mol. The third-order valence-corrected chi connectivity index (χ3v) is 7.01. The molecule has 0 unspecified atom stereocenters. The number of thioether (sulfide) groups is 1. The van der Waals surface area contributed by atoms with Crippen molar-refractivity contribution in [3.8, 4) is 0 Å². The molecule has 41 heavy (non-hydrogen) atoms. The topological polar surface area (TPSA) is 78.8 Å². The quantitative estimate of drug-likeness (QED) is 0.190. The summed E-state index contributed by atoms with van der Waals surface area (Å²) in [5.41, 5.74) is 2.40. The van der Waals surface area contributed by atoms with Crippen LogP contribution in [0.4, 0.5) is 4.39 Å². The molecule has 1 N–H and O–H groups in total. The van der Waals surface area contributed by atoms with Crippen LogP contribution in [0.1, 0.15) is 29.7 Å². The molecule has 0 saturated carbocycles. The second-order valence-electron chi connectivity index (χ2n) is 8.87. The molecule has 0 fully saturated rings. The highest BCUT2D eigenvalue weighted by atomic mass is 32.2. The van der Waals surface area contributed by atoms with Gasteiger partial charge in [-0.15, -0.1) is 0 Å². The van der Waals surface area contributed by atoms with Crippen LogP contribution in [0.5, 0.6) is 0 Å². The van der Waals surface area contributed by atoms with Gasteiger partial charge >= 0.3 is 0 Å². The number of hydrogen-bond acceptors (Lipinski definition) is 4. The molecule has 206 valence electrons. The van der Waals surface area contributed by atoms with Crippen LogP contribution in [-0.2, 0) is 14.4 Å². The van der Waals surface area contributed by atoms with Crippen LogP contribution in [-0.4, -0.2) is 33.5 Å². The third-order valence-electron chi connectivity index (χ3n) is 6.07. The predicted octanol–water partition coefficient (Wildman–Crippen LogP) is 6.22. The number of amides is 3. The van der Waals surface area contributed by atoms with Crippen molar-refractivity contribution in [3.63, 3.8) is 0 Å². The summed E-state index contributed by atoms with van der Waals surface area (Å²) in [5.74, 6) is -2.31. The number of nitrogens with zero attached hydrogens (tertiary/aromatic N) is 2. The lowest BCUT2D eigenvalue weighted by Crippen LogP contribution is -2.42. The van der Waals surface area contributed by atoms with Crippen molar-refractivity contribution in [2.75, 3.05) is 5.75 Å². The summed E-state index contributed by atoms with van der Waals surface area (Å²) in [5, 5.41) is 3.12. The molecule has 8 heteroatoms. The molecule has 0 atom stereocenters. The first kappa shape index (κ1) is 29.2. The van der Waals surface area contributed by atoms with Crippen molar-refractivity contribution in [2.24, 2.45) is 4.99 Å². The summed E-state index contributed by atoms with van der Waals surface area (Å²) in [6.45, 7) is 5.41. The number of hydrogen-bond donors (Lipinski definition) is 1. The average Bonchev–Trinajstić information content (AvgIpc) is 2.99. The summed E-state index contributed by atoms with van der Waals surface area (Å²) in [7, 11) is 0. The lowest BCUT2D eigenvalue weighted by atomic mass is 9.99. The molecule has 6 nitrogen and oxygen atoms in total. The summed E-state index contributed by atoms with van der Waals surface area (Å²) in [6.07, 6.45) is 7.85. The first-order chi connectivity index (χ1) is 19.9. The summed E-state index contributed by atoms with van der Waals surface area (Å²) < 4.78 is 13.8. The van der Waals surface area contributed by atoms with E-state index in [0.29, 0.717) is 11.3 Å². The van der Waals surface area contributed by atoms with Gasteiger partial charge < -0.3 is 5.32 Å². The Hall–Kier alpha value is -4.82. The van der Waals surface area contributed by atoms with Crippen LogP contribution in [0.2, 0.25) is 0 Å². The molecule has 0 aromatic heterocycles. The van der Waals surface area contributed by atoms with Crippen LogP contribution >= 0.6 is 11.8 Å². The van der Waals surface area contributed by atoms with E-state index in [0.717, 1.165) is 22.9 Å². The van der Waals surface area contributed by atoms with Crippen molar-refractivity contribution in [2.45, 2.75) is 13.0 Å². The van der Waals surface area contributed by atoms with Gasteiger partial charge in [0.1, 0.15) is 11.4 Å². The Morgan fingerprint density at radius 1 is 1.02 bits per heavy atom. The van der Waals surface area contributed by atoms with Crippen molar-refractivity contribution in [1.82, 2.24) is 10.2 Å². The van der Waals surface area contributed by atoms with Crippen molar-refractivity contribution in [1.29, 1.82) is 0 Å². The zero-order valence-corrected chi connectivity index (χ0v) is 23.2. The van der Waals surface area contributed by atoms with Crippen LogP contribution in [0.15, 0.2) is 132 Å². The Morgan fingerprint density at radius 2 is 1.68 bits per heavy atom. The van der Waals surface area contributed by atoms with E-state index in [1.165, 1.54) is 29.2 Å². The molecule has 0 spiro atoms. The highest BCUT2D eigenvalue weighted by molar-refractivity contribution is 8.14. The molecule has 1 aliphatic rings. The Bertz CT molecular complexity index is 1520. The molecule has 0 saturated heterocycles.